The van der Waals surface area contributed by atoms with Crippen molar-refractivity contribution in [2.75, 3.05) is 11.1 Å². The molecule has 1 aromatic carbocycles. The van der Waals surface area contributed by atoms with Gasteiger partial charge in [0.05, 0.1) is 0 Å². The number of anilines is 2. The zero-order valence-electron chi connectivity index (χ0n) is 10.7. The third kappa shape index (κ3) is 2.57. The molecule has 0 bridgehead atoms. The molecule has 16 heavy (non-hydrogen) atoms. The van der Waals surface area contributed by atoms with Gasteiger partial charge in [0.2, 0.25) is 0 Å². The molecule has 1 atom stereocenters. The minimum Gasteiger partial charge on any atom is -0.398 e. The summed E-state index contributed by atoms with van der Waals surface area (Å²) in [5.74, 6) is 0. The Labute approximate surface area is 97.9 Å². The first kappa shape index (κ1) is 12.6. The Morgan fingerprint density at radius 2 is 1.88 bits per heavy atom. The van der Waals surface area contributed by atoms with E-state index in [-0.39, 0.29) is 0 Å². The molecule has 2 heteroatoms. The van der Waals surface area contributed by atoms with Crippen LogP contribution >= 0.6 is 0 Å². The summed E-state index contributed by atoms with van der Waals surface area (Å²) in [6, 6.07) is 4.50. The minimum absolute atomic E-state index is 0.479. The van der Waals surface area contributed by atoms with Gasteiger partial charge in [0, 0.05) is 27.9 Å². The lowest BCUT2D eigenvalue weighted by atomic mass is 10.1. The molecule has 1 aromatic rings. The first-order valence-corrected chi connectivity index (χ1v) is 5.91. The van der Waals surface area contributed by atoms with E-state index < -0.39 is 0 Å². The van der Waals surface area contributed by atoms with Gasteiger partial charge in [0.25, 0.3) is 0 Å². The zero-order chi connectivity index (χ0) is 12.1. The van der Waals surface area contributed by atoms with Gasteiger partial charge < -0.3 is 11.1 Å². The van der Waals surface area contributed by atoms with Crippen molar-refractivity contribution >= 4 is 23.5 Å². The molecule has 0 radical (unpaired) electrons. The van der Waals surface area contributed by atoms with Gasteiger partial charge in [0.1, 0.15) is 0 Å². The lowest BCUT2D eigenvalue weighted by Gasteiger charge is -2.14. The van der Waals surface area contributed by atoms with Gasteiger partial charge in [-0.15, -0.1) is 0 Å². The molecule has 88 valence electrons. The normalized spacial score (nSPS) is 15.2. The Morgan fingerprint density at radius 1 is 1.25 bits per heavy atom. The van der Waals surface area contributed by atoms with E-state index in [1.807, 2.05) is 19.9 Å². The van der Waals surface area contributed by atoms with E-state index in [9.17, 15) is 0 Å². The molecule has 3 N–H and O–H groups in total. The summed E-state index contributed by atoms with van der Waals surface area (Å²) in [6.45, 7) is 8.43. The Hall–Kier alpha value is -1.44. The molecule has 0 saturated heterocycles. The van der Waals surface area contributed by atoms with Crippen LogP contribution < -0.4 is 21.5 Å². The van der Waals surface area contributed by atoms with Crippen LogP contribution in [0.4, 0.5) is 11.4 Å². The van der Waals surface area contributed by atoms with Crippen molar-refractivity contribution in [3.8, 4) is 0 Å². The number of nitrogen functional groups attached to an aromatic ring is 1. The van der Waals surface area contributed by atoms with Crippen LogP contribution in [0.2, 0.25) is 0 Å². The molecule has 1 unspecified atom stereocenters. The van der Waals surface area contributed by atoms with Crippen molar-refractivity contribution in [3.63, 3.8) is 0 Å². The number of benzene rings is 1. The molecule has 0 heterocycles. The number of rotatable bonds is 3. The Kier molecular flexibility index (Phi) is 4.41. The van der Waals surface area contributed by atoms with Crippen LogP contribution in [-0.4, -0.2) is 6.04 Å². The second-order valence-electron chi connectivity index (χ2n) is 4.06. The van der Waals surface area contributed by atoms with Crippen LogP contribution in [0.3, 0.4) is 0 Å². The van der Waals surface area contributed by atoms with Crippen LogP contribution in [0.25, 0.3) is 12.2 Å². The van der Waals surface area contributed by atoms with Crippen molar-refractivity contribution in [3.05, 3.63) is 22.6 Å². The SMILES string of the molecule is C/C=c1/c(N)ccc(NC(C)CC)/c1=C/C. The first-order valence-electron chi connectivity index (χ1n) is 5.91. The Balaban J connectivity index is 3.33. The quantitative estimate of drug-likeness (QED) is 0.762. The predicted octanol–water partition coefficient (Wildman–Crippen LogP) is 2.08. The second kappa shape index (κ2) is 5.59. The minimum atomic E-state index is 0.479. The van der Waals surface area contributed by atoms with Gasteiger partial charge in [-0.2, -0.15) is 0 Å². The maximum atomic E-state index is 5.96. The van der Waals surface area contributed by atoms with E-state index in [0.29, 0.717) is 6.04 Å². The highest BCUT2D eigenvalue weighted by Gasteiger charge is 2.02. The van der Waals surface area contributed by atoms with Gasteiger partial charge in [-0.05, 0) is 39.3 Å². The van der Waals surface area contributed by atoms with Gasteiger partial charge >= 0.3 is 0 Å². The monoisotopic (exact) mass is 218 g/mol. The Morgan fingerprint density at radius 3 is 2.38 bits per heavy atom. The highest BCUT2D eigenvalue weighted by Crippen LogP contribution is 2.04. The summed E-state index contributed by atoms with van der Waals surface area (Å²) in [5.41, 5.74) is 7.96. The predicted molar refractivity (Wildman–Crippen MR) is 73.8 cm³/mol. The van der Waals surface area contributed by atoms with Crippen LogP contribution in [-0.2, 0) is 0 Å². The molecule has 0 saturated carbocycles. The second-order valence-corrected chi connectivity index (χ2v) is 4.06. The number of hydrogen-bond acceptors (Lipinski definition) is 2. The highest BCUT2D eigenvalue weighted by molar-refractivity contribution is 5.58. The average molecular weight is 218 g/mol. The molecule has 1 rings (SSSR count). The molecule has 0 aliphatic carbocycles. The molecule has 2 nitrogen and oxygen atoms in total. The van der Waals surface area contributed by atoms with Gasteiger partial charge in [-0.1, -0.05) is 19.1 Å². The molecule has 0 spiro atoms. The Bertz CT molecular complexity index is 460. The van der Waals surface area contributed by atoms with Crippen molar-refractivity contribution in [2.24, 2.45) is 0 Å². The summed E-state index contributed by atoms with van der Waals surface area (Å²) in [5, 5.41) is 5.82. The summed E-state index contributed by atoms with van der Waals surface area (Å²) in [7, 11) is 0. The van der Waals surface area contributed by atoms with Gasteiger partial charge in [0.15, 0.2) is 0 Å². The molecular formula is C14H22N2. The third-order valence-corrected chi connectivity index (χ3v) is 2.91. The highest BCUT2D eigenvalue weighted by atomic mass is 14.9. The summed E-state index contributed by atoms with van der Waals surface area (Å²) >= 11 is 0. The molecule has 0 aliphatic heterocycles. The van der Waals surface area contributed by atoms with Crippen LogP contribution in [0.5, 0.6) is 0 Å². The van der Waals surface area contributed by atoms with E-state index in [1.54, 1.807) is 0 Å². The fraction of sp³-hybridized carbons (Fsp3) is 0.429. The number of nitrogens with two attached hydrogens (primary N) is 1. The van der Waals surface area contributed by atoms with E-state index in [0.717, 1.165) is 17.3 Å². The third-order valence-electron chi connectivity index (χ3n) is 2.91. The van der Waals surface area contributed by atoms with E-state index >= 15 is 0 Å². The van der Waals surface area contributed by atoms with E-state index in [2.05, 4.69) is 37.4 Å². The maximum Gasteiger partial charge on any atom is 0.0419 e. The van der Waals surface area contributed by atoms with Crippen LogP contribution in [0, 0.1) is 0 Å². The van der Waals surface area contributed by atoms with Crippen molar-refractivity contribution in [2.45, 2.75) is 40.2 Å². The topological polar surface area (TPSA) is 38.0 Å². The van der Waals surface area contributed by atoms with Gasteiger partial charge in [-0.25, -0.2) is 0 Å². The lowest BCUT2D eigenvalue weighted by molar-refractivity contribution is 0.763. The fourth-order valence-corrected chi connectivity index (χ4v) is 1.78. The average Bonchev–Trinajstić information content (AvgIpc) is 2.30. The molecule has 0 amide bonds. The summed E-state index contributed by atoms with van der Waals surface area (Å²) in [6.07, 6.45) is 5.28. The van der Waals surface area contributed by atoms with Crippen LogP contribution in [0.15, 0.2) is 12.1 Å². The van der Waals surface area contributed by atoms with Crippen molar-refractivity contribution in [1.82, 2.24) is 0 Å². The lowest BCUT2D eigenvalue weighted by Crippen LogP contribution is -2.32. The maximum absolute atomic E-state index is 5.96. The molecule has 0 aliphatic rings. The zero-order valence-corrected chi connectivity index (χ0v) is 10.7. The van der Waals surface area contributed by atoms with Crippen LogP contribution in [0.1, 0.15) is 34.1 Å². The number of nitrogens with one attached hydrogen (secondary N) is 1. The fourth-order valence-electron chi connectivity index (χ4n) is 1.78. The molecular weight excluding hydrogens is 196 g/mol. The summed E-state index contributed by atoms with van der Waals surface area (Å²) < 4.78 is 0. The largest absolute Gasteiger partial charge is 0.398 e. The smallest absolute Gasteiger partial charge is 0.0419 e. The number of hydrogen-bond donors (Lipinski definition) is 2. The summed E-state index contributed by atoms with van der Waals surface area (Å²) in [4.78, 5) is 0. The van der Waals surface area contributed by atoms with E-state index in [1.165, 1.54) is 10.9 Å². The first-order chi connectivity index (χ1) is 7.63. The van der Waals surface area contributed by atoms with Crippen molar-refractivity contribution < 1.29 is 0 Å². The van der Waals surface area contributed by atoms with E-state index in [4.69, 9.17) is 5.73 Å². The standard InChI is InChI=1S/C14H22N2/c1-5-10(4)16-14-9-8-13(15)11(6-2)12(14)7-3/h6-10,16H,5,15H2,1-4H3/b11-6+,12-7+. The molecule has 0 aromatic heterocycles. The van der Waals surface area contributed by atoms with Gasteiger partial charge in [-0.3, -0.25) is 0 Å². The van der Waals surface area contributed by atoms with Crippen molar-refractivity contribution in [1.29, 1.82) is 0 Å². The molecule has 0 fully saturated rings.